The van der Waals surface area contributed by atoms with Crippen LogP contribution in [0.25, 0.3) is 0 Å². The molecular weight excluding hydrogens is 194 g/mol. The van der Waals surface area contributed by atoms with Crippen LogP contribution in [0.3, 0.4) is 0 Å². The SMILES string of the molecule is COc1cc(OC)c2c(c1)OCCC2N. The number of benzene rings is 1. The molecule has 0 saturated carbocycles. The van der Waals surface area contributed by atoms with E-state index in [1.807, 2.05) is 12.1 Å². The van der Waals surface area contributed by atoms with E-state index in [-0.39, 0.29) is 6.04 Å². The van der Waals surface area contributed by atoms with Crippen molar-refractivity contribution in [2.24, 2.45) is 5.73 Å². The van der Waals surface area contributed by atoms with Gasteiger partial charge in [-0.2, -0.15) is 0 Å². The summed E-state index contributed by atoms with van der Waals surface area (Å²) >= 11 is 0. The van der Waals surface area contributed by atoms with Gasteiger partial charge in [0, 0.05) is 24.6 Å². The van der Waals surface area contributed by atoms with Gasteiger partial charge in [-0.15, -0.1) is 0 Å². The van der Waals surface area contributed by atoms with Gasteiger partial charge in [-0.05, 0) is 0 Å². The largest absolute Gasteiger partial charge is 0.496 e. The molecule has 0 amide bonds. The highest BCUT2D eigenvalue weighted by Gasteiger charge is 2.23. The van der Waals surface area contributed by atoms with Gasteiger partial charge in [-0.3, -0.25) is 0 Å². The Hall–Kier alpha value is -1.42. The molecule has 0 spiro atoms. The highest BCUT2D eigenvalue weighted by atomic mass is 16.5. The number of hydrogen-bond acceptors (Lipinski definition) is 4. The van der Waals surface area contributed by atoms with Crippen LogP contribution in [-0.2, 0) is 0 Å². The fourth-order valence-electron chi connectivity index (χ4n) is 1.79. The molecule has 1 aliphatic rings. The van der Waals surface area contributed by atoms with Crippen molar-refractivity contribution in [2.45, 2.75) is 12.5 Å². The molecule has 82 valence electrons. The quantitative estimate of drug-likeness (QED) is 0.801. The fourth-order valence-corrected chi connectivity index (χ4v) is 1.79. The van der Waals surface area contributed by atoms with Crippen LogP contribution in [0, 0.1) is 0 Å². The summed E-state index contributed by atoms with van der Waals surface area (Å²) in [5.41, 5.74) is 6.95. The van der Waals surface area contributed by atoms with Crippen LogP contribution in [0.4, 0.5) is 0 Å². The summed E-state index contributed by atoms with van der Waals surface area (Å²) in [5, 5.41) is 0. The van der Waals surface area contributed by atoms with Gasteiger partial charge in [0.1, 0.15) is 17.2 Å². The molecule has 1 heterocycles. The third kappa shape index (κ3) is 1.72. The van der Waals surface area contributed by atoms with E-state index >= 15 is 0 Å². The van der Waals surface area contributed by atoms with Crippen molar-refractivity contribution in [1.29, 1.82) is 0 Å². The Morgan fingerprint density at radius 1 is 1.33 bits per heavy atom. The average molecular weight is 209 g/mol. The first-order chi connectivity index (χ1) is 7.26. The van der Waals surface area contributed by atoms with Gasteiger partial charge in [0.25, 0.3) is 0 Å². The summed E-state index contributed by atoms with van der Waals surface area (Å²) in [6.45, 7) is 0.643. The zero-order valence-corrected chi connectivity index (χ0v) is 8.95. The van der Waals surface area contributed by atoms with E-state index in [0.29, 0.717) is 6.61 Å². The zero-order chi connectivity index (χ0) is 10.8. The number of fused-ring (bicyclic) bond motifs is 1. The second-order valence-electron chi connectivity index (χ2n) is 3.49. The van der Waals surface area contributed by atoms with Gasteiger partial charge >= 0.3 is 0 Å². The smallest absolute Gasteiger partial charge is 0.131 e. The van der Waals surface area contributed by atoms with E-state index in [2.05, 4.69) is 0 Å². The lowest BCUT2D eigenvalue weighted by Crippen LogP contribution is -2.21. The molecule has 0 bridgehead atoms. The second-order valence-corrected chi connectivity index (χ2v) is 3.49. The predicted molar refractivity (Wildman–Crippen MR) is 56.6 cm³/mol. The molecule has 4 heteroatoms. The highest BCUT2D eigenvalue weighted by molar-refractivity contribution is 5.53. The van der Waals surface area contributed by atoms with Crippen molar-refractivity contribution in [3.05, 3.63) is 17.7 Å². The van der Waals surface area contributed by atoms with E-state index in [1.165, 1.54) is 0 Å². The van der Waals surface area contributed by atoms with Gasteiger partial charge in [0.2, 0.25) is 0 Å². The van der Waals surface area contributed by atoms with E-state index in [4.69, 9.17) is 19.9 Å². The van der Waals surface area contributed by atoms with Crippen molar-refractivity contribution >= 4 is 0 Å². The lowest BCUT2D eigenvalue weighted by molar-refractivity contribution is 0.260. The van der Waals surface area contributed by atoms with Crippen LogP contribution < -0.4 is 19.9 Å². The van der Waals surface area contributed by atoms with Crippen molar-refractivity contribution in [2.75, 3.05) is 20.8 Å². The van der Waals surface area contributed by atoms with Gasteiger partial charge in [-0.1, -0.05) is 0 Å². The van der Waals surface area contributed by atoms with Gasteiger partial charge < -0.3 is 19.9 Å². The molecule has 2 rings (SSSR count). The Morgan fingerprint density at radius 3 is 2.80 bits per heavy atom. The first kappa shape index (κ1) is 10.1. The molecule has 1 unspecified atom stereocenters. The highest BCUT2D eigenvalue weighted by Crippen LogP contribution is 2.40. The maximum atomic E-state index is 6.01. The molecular formula is C11H15NO3. The Morgan fingerprint density at radius 2 is 2.13 bits per heavy atom. The number of nitrogens with two attached hydrogens (primary N) is 1. The Bertz CT molecular complexity index is 348. The van der Waals surface area contributed by atoms with Crippen LogP contribution >= 0.6 is 0 Å². The zero-order valence-electron chi connectivity index (χ0n) is 8.95. The van der Waals surface area contributed by atoms with E-state index < -0.39 is 0 Å². The molecule has 4 nitrogen and oxygen atoms in total. The first-order valence-electron chi connectivity index (χ1n) is 4.90. The minimum atomic E-state index is -0.0189. The van der Waals surface area contributed by atoms with Crippen LogP contribution in [0.1, 0.15) is 18.0 Å². The molecule has 1 atom stereocenters. The molecule has 2 N–H and O–H groups in total. The normalized spacial score (nSPS) is 19.0. The molecule has 0 saturated heterocycles. The summed E-state index contributed by atoms with van der Waals surface area (Å²) in [6, 6.07) is 3.65. The summed E-state index contributed by atoms with van der Waals surface area (Å²) in [5.74, 6) is 2.22. The average Bonchev–Trinajstić information content (AvgIpc) is 2.27. The molecule has 0 fully saturated rings. The minimum Gasteiger partial charge on any atom is -0.496 e. The summed E-state index contributed by atoms with van der Waals surface area (Å²) in [6.07, 6.45) is 0.815. The van der Waals surface area contributed by atoms with Gasteiger partial charge in [0.15, 0.2) is 0 Å². The van der Waals surface area contributed by atoms with E-state index in [9.17, 15) is 0 Å². The third-order valence-electron chi connectivity index (χ3n) is 2.59. The summed E-state index contributed by atoms with van der Waals surface area (Å²) in [7, 11) is 3.24. The maximum absolute atomic E-state index is 6.01. The molecule has 15 heavy (non-hydrogen) atoms. The molecule has 1 aromatic carbocycles. The summed E-state index contributed by atoms with van der Waals surface area (Å²) < 4.78 is 16.0. The molecule has 1 aromatic rings. The molecule has 0 aliphatic carbocycles. The Balaban J connectivity index is 2.52. The number of hydrogen-bond donors (Lipinski definition) is 1. The van der Waals surface area contributed by atoms with Crippen molar-refractivity contribution < 1.29 is 14.2 Å². The van der Waals surface area contributed by atoms with Crippen LogP contribution in [-0.4, -0.2) is 20.8 Å². The third-order valence-corrected chi connectivity index (χ3v) is 2.59. The lowest BCUT2D eigenvalue weighted by Gasteiger charge is -2.25. The molecule has 1 aliphatic heterocycles. The number of rotatable bonds is 2. The van der Waals surface area contributed by atoms with E-state index in [1.54, 1.807) is 14.2 Å². The van der Waals surface area contributed by atoms with Crippen LogP contribution in [0.5, 0.6) is 17.2 Å². The topological polar surface area (TPSA) is 53.7 Å². The van der Waals surface area contributed by atoms with Crippen LogP contribution in [0.2, 0.25) is 0 Å². The molecule has 0 radical (unpaired) electrons. The fraction of sp³-hybridized carbons (Fsp3) is 0.455. The first-order valence-corrected chi connectivity index (χ1v) is 4.90. The lowest BCUT2D eigenvalue weighted by atomic mass is 10.00. The predicted octanol–water partition coefficient (Wildman–Crippen LogP) is 1.49. The number of ether oxygens (including phenoxy) is 3. The molecule has 0 aromatic heterocycles. The van der Waals surface area contributed by atoms with E-state index in [0.717, 1.165) is 29.2 Å². The summed E-state index contributed by atoms with van der Waals surface area (Å²) in [4.78, 5) is 0. The monoisotopic (exact) mass is 209 g/mol. The Kier molecular flexibility index (Phi) is 2.68. The maximum Gasteiger partial charge on any atom is 0.131 e. The second kappa shape index (κ2) is 3.98. The van der Waals surface area contributed by atoms with Crippen LogP contribution in [0.15, 0.2) is 12.1 Å². The minimum absolute atomic E-state index is 0.0189. The number of methoxy groups -OCH3 is 2. The van der Waals surface area contributed by atoms with Gasteiger partial charge in [0.05, 0.1) is 26.4 Å². The van der Waals surface area contributed by atoms with Crippen molar-refractivity contribution in [3.63, 3.8) is 0 Å². The van der Waals surface area contributed by atoms with Crippen molar-refractivity contribution in [1.82, 2.24) is 0 Å². The van der Waals surface area contributed by atoms with Gasteiger partial charge in [-0.25, -0.2) is 0 Å². The van der Waals surface area contributed by atoms with Crippen molar-refractivity contribution in [3.8, 4) is 17.2 Å². The standard InChI is InChI=1S/C11H15NO3/c1-13-7-5-9(14-2)11-8(12)3-4-15-10(11)6-7/h5-6,8H,3-4,12H2,1-2H3. The Labute approximate surface area is 88.9 Å².